The molecule has 0 fully saturated rings. The van der Waals surface area contributed by atoms with Crippen molar-refractivity contribution in [2.45, 2.75) is 24.8 Å². The molecule has 0 spiro atoms. The van der Waals surface area contributed by atoms with Gasteiger partial charge in [0.2, 0.25) is 0 Å². The molecule has 0 aliphatic rings. The van der Waals surface area contributed by atoms with Gasteiger partial charge in [-0.05, 0) is 30.5 Å². The zero-order valence-electron chi connectivity index (χ0n) is 11.6. The highest BCUT2D eigenvalue weighted by Gasteiger charge is 2.25. The lowest BCUT2D eigenvalue weighted by Crippen LogP contribution is -2.22. The first kappa shape index (κ1) is 14.8. The highest BCUT2D eigenvalue weighted by atomic mass is 79.9. The molecule has 2 nitrogen and oxygen atoms in total. The number of carbonyl (C=O) groups is 1. The summed E-state index contributed by atoms with van der Waals surface area (Å²) in [4.78, 5) is 10.8. The topological polar surface area (TPSA) is 26.3 Å². The lowest BCUT2D eigenvalue weighted by Gasteiger charge is -2.26. The molecule has 0 aliphatic heterocycles. The lowest BCUT2D eigenvalue weighted by atomic mass is 9.88. The van der Waals surface area contributed by atoms with Gasteiger partial charge in [0, 0.05) is 10.9 Å². The molecule has 2 rings (SSSR count). The van der Waals surface area contributed by atoms with Crippen LogP contribution in [0.5, 0.6) is 0 Å². The maximum absolute atomic E-state index is 10.8. The van der Waals surface area contributed by atoms with Gasteiger partial charge in [-0.3, -0.25) is 4.79 Å². The predicted octanol–water partition coefficient (Wildman–Crippen LogP) is 4.66. The van der Waals surface area contributed by atoms with E-state index < -0.39 is 5.60 Å². The Kier molecular flexibility index (Phi) is 4.61. The Labute approximate surface area is 127 Å². The SMILES string of the molecule is CC(C)(OC=O)c1cc(CBr)ccc1-c1ccccc1. The number of halogens is 1. The van der Waals surface area contributed by atoms with E-state index in [9.17, 15) is 4.79 Å². The molecule has 0 bridgehead atoms. The van der Waals surface area contributed by atoms with E-state index in [-0.39, 0.29) is 0 Å². The van der Waals surface area contributed by atoms with Crippen LogP contribution in [0.3, 0.4) is 0 Å². The van der Waals surface area contributed by atoms with Crippen LogP contribution in [-0.4, -0.2) is 6.47 Å². The van der Waals surface area contributed by atoms with E-state index in [0.29, 0.717) is 6.47 Å². The van der Waals surface area contributed by atoms with Crippen LogP contribution in [-0.2, 0) is 20.5 Å². The molecule has 0 atom stereocenters. The van der Waals surface area contributed by atoms with Gasteiger partial charge < -0.3 is 4.74 Å². The molecular weight excluding hydrogens is 316 g/mol. The van der Waals surface area contributed by atoms with Gasteiger partial charge in [-0.25, -0.2) is 0 Å². The summed E-state index contributed by atoms with van der Waals surface area (Å²) in [5.41, 5.74) is 3.70. The van der Waals surface area contributed by atoms with Crippen molar-refractivity contribution in [3.63, 3.8) is 0 Å². The monoisotopic (exact) mass is 332 g/mol. The normalized spacial score (nSPS) is 11.2. The second-order valence-electron chi connectivity index (χ2n) is 5.10. The predicted molar refractivity (Wildman–Crippen MR) is 84.7 cm³/mol. The molecule has 0 radical (unpaired) electrons. The lowest BCUT2D eigenvalue weighted by molar-refractivity contribution is -0.141. The molecule has 0 unspecified atom stereocenters. The Morgan fingerprint density at radius 3 is 2.45 bits per heavy atom. The fourth-order valence-corrected chi connectivity index (χ4v) is 2.57. The molecular formula is C17H17BrO2. The third kappa shape index (κ3) is 3.10. The largest absolute Gasteiger partial charge is 0.457 e. The summed E-state index contributed by atoms with van der Waals surface area (Å²) >= 11 is 3.47. The summed E-state index contributed by atoms with van der Waals surface area (Å²) in [6.45, 7) is 4.32. The molecule has 0 aromatic heterocycles. The maximum atomic E-state index is 10.8. The first-order valence-corrected chi connectivity index (χ1v) is 7.57. The van der Waals surface area contributed by atoms with E-state index in [1.54, 1.807) is 0 Å². The Hall–Kier alpha value is -1.61. The summed E-state index contributed by atoms with van der Waals surface area (Å²) in [6, 6.07) is 16.4. The molecule has 0 saturated carbocycles. The Morgan fingerprint density at radius 1 is 1.15 bits per heavy atom. The van der Waals surface area contributed by atoms with Gasteiger partial charge in [-0.15, -0.1) is 0 Å². The molecule has 0 N–H and O–H groups in total. The van der Waals surface area contributed by atoms with E-state index in [0.717, 1.165) is 27.6 Å². The zero-order valence-corrected chi connectivity index (χ0v) is 13.2. The Balaban J connectivity index is 2.60. The number of rotatable bonds is 5. The van der Waals surface area contributed by atoms with E-state index in [2.05, 4.69) is 46.3 Å². The molecule has 0 heterocycles. The van der Waals surface area contributed by atoms with Crippen molar-refractivity contribution in [3.8, 4) is 11.1 Å². The number of benzene rings is 2. The highest BCUT2D eigenvalue weighted by molar-refractivity contribution is 9.08. The standard InChI is InChI=1S/C17H17BrO2/c1-17(2,20-12-19)16-10-13(11-18)8-9-15(16)14-6-4-3-5-7-14/h3-10,12H,11H2,1-2H3. The minimum absolute atomic E-state index is 0.510. The molecule has 0 aliphatic carbocycles. The van der Waals surface area contributed by atoms with Gasteiger partial charge in [0.15, 0.2) is 0 Å². The van der Waals surface area contributed by atoms with Crippen molar-refractivity contribution < 1.29 is 9.53 Å². The van der Waals surface area contributed by atoms with E-state index in [1.807, 2.05) is 32.0 Å². The smallest absolute Gasteiger partial charge is 0.293 e. The van der Waals surface area contributed by atoms with Crippen LogP contribution in [0.4, 0.5) is 0 Å². The van der Waals surface area contributed by atoms with Crippen molar-refractivity contribution in [1.29, 1.82) is 0 Å². The summed E-state index contributed by atoms with van der Waals surface area (Å²) in [6.07, 6.45) is 0. The molecule has 20 heavy (non-hydrogen) atoms. The number of carbonyl (C=O) groups excluding carboxylic acids is 1. The third-order valence-electron chi connectivity index (χ3n) is 3.31. The van der Waals surface area contributed by atoms with Crippen LogP contribution in [0, 0.1) is 0 Å². The van der Waals surface area contributed by atoms with E-state index in [4.69, 9.17) is 4.74 Å². The van der Waals surface area contributed by atoms with Crippen LogP contribution < -0.4 is 0 Å². The van der Waals surface area contributed by atoms with Crippen LogP contribution in [0.25, 0.3) is 11.1 Å². The molecule has 0 amide bonds. The second kappa shape index (κ2) is 6.23. The molecule has 104 valence electrons. The first-order valence-electron chi connectivity index (χ1n) is 6.45. The van der Waals surface area contributed by atoms with Crippen molar-refractivity contribution in [2.75, 3.05) is 0 Å². The highest BCUT2D eigenvalue weighted by Crippen LogP contribution is 2.34. The van der Waals surface area contributed by atoms with Crippen LogP contribution in [0.2, 0.25) is 0 Å². The molecule has 2 aromatic carbocycles. The summed E-state index contributed by atoms with van der Waals surface area (Å²) < 4.78 is 5.28. The third-order valence-corrected chi connectivity index (χ3v) is 3.96. The van der Waals surface area contributed by atoms with Gasteiger partial charge >= 0.3 is 0 Å². The minimum Gasteiger partial charge on any atom is -0.457 e. The first-order chi connectivity index (χ1) is 9.58. The van der Waals surface area contributed by atoms with Gasteiger partial charge in [-0.2, -0.15) is 0 Å². The second-order valence-corrected chi connectivity index (χ2v) is 5.66. The molecule has 3 heteroatoms. The fraction of sp³-hybridized carbons (Fsp3) is 0.235. The van der Waals surface area contributed by atoms with Crippen LogP contribution in [0.1, 0.15) is 25.0 Å². The average Bonchev–Trinajstić information content (AvgIpc) is 2.47. The van der Waals surface area contributed by atoms with Gasteiger partial charge in [0.05, 0.1) is 0 Å². The number of hydrogen-bond acceptors (Lipinski definition) is 2. The quantitative estimate of drug-likeness (QED) is 0.588. The summed E-state index contributed by atoms with van der Waals surface area (Å²) in [5, 5.41) is 0.770. The average molecular weight is 333 g/mol. The van der Waals surface area contributed by atoms with E-state index in [1.165, 1.54) is 0 Å². The van der Waals surface area contributed by atoms with E-state index >= 15 is 0 Å². The van der Waals surface area contributed by atoms with Crippen molar-refractivity contribution in [1.82, 2.24) is 0 Å². The van der Waals surface area contributed by atoms with Gasteiger partial charge in [0.25, 0.3) is 6.47 Å². The van der Waals surface area contributed by atoms with Crippen LogP contribution >= 0.6 is 15.9 Å². The number of ether oxygens (including phenoxy) is 1. The van der Waals surface area contributed by atoms with Crippen molar-refractivity contribution in [2.24, 2.45) is 0 Å². The van der Waals surface area contributed by atoms with Gasteiger partial charge in [-0.1, -0.05) is 64.5 Å². The summed E-state index contributed by atoms with van der Waals surface area (Å²) in [5.74, 6) is 0. The minimum atomic E-state index is -0.662. The summed E-state index contributed by atoms with van der Waals surface area (Å²) in [7, 11) is 0. The molecule has 2 aromatic rings. The Bertz CT molecular complexity index is 591. The van der Waals surface area contributed by atoms with Crippen LogP contribution in [0.15, 0.2) is 48.5 Å². The Morgan fingerprint density at radius 2 is 1.85 bits per heavy atom. The fourth-order valence-electron chi connectivity index (χ4n) is 2.23. The zero-order chi connectivity index (χ0) is 14.6. The number of alkyl halides is 1. The van der Waals surface area contributed by atoms with Crippen molar-refractivity contribution >= 4 is 22.4 Å². The number of hydrogen-bond donors (Lipinski definition) is 0. The maximum Gasteiger partial charge on any atom is 0.293 e. The van der Waals surface area contributed by atoms with Crippen molar-refractivity contribution in [3.05, 3.63) is 59.7 Å². The van der Waals surface area contributed by atoms with Gasteiger partial charge in [0.1, 0.15) is 5.60 Å². The molecule has 0 saturated heterocycles.